The van der Waals surface area contributed by atoms with E-state index >= 15 is 0 Å². The first-order chi connectivity index (χ1) is 20.1. The normalized spacial score (nSPS) is 14.8. The first kappa shape index (κ1) is 37.2. The number of benzene rings is 1. The van der Waals surface area contributed by atoms with Crippen molar-refractivity contribution in [2.45, 2.75) is 64.1 Å². The van der Waals surface area contributed by atoms with Crippen LogP contribution in [0.3, 0.4) is 0 Å². The van der Waals surface area contributed by atoms with Crippen molar-refractivity contribution in [1.29, 1.82) is 0 Å². The monoisotopic (exact) mass is 627 g/mol. The Balaban J connectivity index is 0.000000548. The summed E-state index contributed by atoms with van der Waals surface area (Å²) in [5.41, 5.74) is 1.98. The highest BCUT2D eigenvalue weighted by atomic mass is 19.4. The molecule has 0 amide bonds. The van der Waals surface area contributed by atoms with E-state index in [4.69, 9.17) is 24.5 Å². The van der Waals surface area contributed by atoms with Crippen molar-refractivity contribution in [1.82, 2.24) is 20.2 Å². The van der Waals surface area contributed by atoms with E-state index in [0.29, 0.717) is 24.9 Å². The van der Waals surface area contributed by atoms with Crippen molar-refractivity contribution < 1.29 is 50.9 Å². The zero-order chi connectivity index (χ0) is 32.6. The SMILES string of the molecule is COc1cccc(CNCCn2c(C)cnc(NCCC3CCCCN3)c2=O)c1.O=C(O)C(F)(F)F.O=C(O)C(F)(F)F. The molecule has 1 fully saturated rings. The maximum atomic E-state index is 12.8. The third-order valence-corrected chi connectivity index (χ3v) is 5.91. The number of methoxy groups -OCH3 is 1. The predicted molar refractivity (Wildman–Crippen MR) is 144 cm³/mol. The van der Waals surface area contributed by atoms with Gasteiger partial charge in [-0.25, -0.2) is 14.6 Å². The topological polar surface area (TPSA) is 155 Å². The minimum Gasteiger partial charge on any atom is -0.497 e. The quantitative estimate of drug-likeness (QED) is 0.195. The molecule has 242 valence electrons. The van der Waals surface area contributed by atoms with Gasteiger partial charge in [0.15, 0.2) is 5.82 Å². The van der Waals surface area contributed by atoms with Crippen LogP contribution in [0.4, 0.5) is 32.2 Å². The molecule has 0 aliphatic carbocycles. The van der Waals surface area contributed by atoms with Gasteiger partial charge in [0.05, 0.1) is 7.11 Å². The van der Waals surface area contributed by atoms with Crippen LogP contribution in [0.2, 0.25) is 0 Å². The molecule has 1 aliphatic rings. The lowest BCUT2D eigenvalue weighted by molar-refractivity contribution is -0.193. The third-order valence-electron chi connectivity index (χ3n) is 5.91. The molecule has 11 nitrogen and oxygen atoms in total. The van der Waals surface area contributed by atoms with E-state index in [0.717, 1.165) is 43.1 Å². The van der Waals surface area contributed by atoms with Crippen LogP contribution in [0.15, 0.2) is 35.3 Å². The highest BCUT2D eigenvalue weighted by Crippen LogP contribution is 2.14. The summed E-state index contributed by atoms with van der Waals surface area (Å²) in [4.78, 5) is 34.9. The minimum absolute atomic E-state index is 0.0511. The lowest BCUT2D eigenvalue weighted by atomic mass is 10.0. The van der Waals surface area contributed by atoms with Gasteiger partial charge >= 0.3 is 24.3 Å². The fourth-order valence-corrected chi connectivity index (χ4v) is 3.71. The minimum atomic E-state index is -5.08. The smallest absolute Gasteiger partial charge is 0.490 e. The van der Waals surface area contributed by atoms with Gasteiger partial charge in [-0.05, 0) is 50.4 Å². The van der Waals surface area contributed by atoms with Crippen molar-refractivity contribution in [3.05, 3.63) is 52.1 Å². The third kappa shape index (κ3) is 14.7. The number of rotatable bonds is 10. The van der Waals surface area contributed by atoms with E-state index in [-0.39, 0.29) is 5.56 Å². The zero-order valence-electron chi connectivity index (χ0n) is 23.5. The second kappa shape index (κ2) is 17.9. The molecule has 1 unspecified atom stereocenters. The molecule has 0 radical (unpaired) electrons. The standard InChI is InChI=1S/C22H33N5O2.2C2HF3O2/c1-17-15-26-21(25-11-9-19-7-3-4-10-24-19)22(28)27(17)13-12-23-16-18-6-5-8-20(14-18)29-2;2*3-2(4,5)1(6)7/h5-6,8,14-15,19,23-24H,3-4,7,9-13,16H2,1-2H3,(H,25,26);2*(H,6,7). The zero-order valence-corrected chi connectivity index (χ0v) is 23.5. The number of nitrogens with zero attached hydrogens (tertiary/aromatic N) is 2. The number of ether oxygens (including phenoxy) is 1. The van der Waals surface area contributed by atoms with Gasteiger partial charge in [0, 0.05) is 44.1 Å². The van der Waals surface area contributed by atoms with Gasteiger partial charge in [0.25, 0.3) is 5.56 Å². The van der Waals surface area contributed by atoms with E-state index < -0.39 is 24.3 Å². The van der Waals surface area contributed by atoms with Crippen LogP contribution in [0.25, 0.3) is 0 Å². The van der Waals surface area contributed by atoms with E-state index in [1.165, 1.54) is 19.3 Å². The number of alkyl halides is 6. The molecule has 1 atom stereocenters. The summed E-state index contributed by atoms with van der Waals surface area (Å²) < 4.78 is 70.5. The lowest BCUT2D eigenvalue weighted by Crippen LogP contribution is -2.36. The molecule has 1 saturated heterocycles. The molecule has 1 aliphatic heterocycles. The Morgan fingerprint density at radius 3 is 2.26 bits per heavy atom. The number of carboxylic acid groups (broad SMARTS) is 2. The Bertz CT molecular complexity index is 1190. The van der Waals surface area contributed by atoms with Crippen LogP contribution in [0.1, 0.15) is 36.9 Å². The summed E-state index contributed by atoms with van der Waals surface area (Å²) in [5.74, 6) is -4.22. The molecule has 1 aromatic heterocycles. The summed E-state index contributed by atoms with van der Waals surface area (Å²) in [7, 11) is 1.67. The molecular weight excluding hydrogens is 592 g/mol. The van der Waals surface area contributed by atoms with Crippen molar-refractivity contribution >= 4 is 17.8 Å². The molecule has 17 heteroatoms. The van der Waals surface area contributed by atoms with Gasteiger partial charge in [-0.3, -0.25) is 4.79 Å². The number of halogens is 6. The Hall–Kier alpha value is -3.86. The summed E-state index contributed by atoms with van der Waals surface area (Å²) in [6.45, 7) is 5.82. The fraction of sp³-hybridized carbons (Fsp3) is 0.538. The lowest BCUT2D eigenvalue weighted by Gasteiger charge is -2.23. The second-order valence-electron chi connectivity index (χ2n) is 9.20. The van der Waals surface area contributed by atoms with E-state index in [9.17, 15) is 31.1 Å². The number of nitrogens with one attached hydrogen (secondary N) is 3. The molecule has 0 spiro atoms. The van der Waals surface area contributed by atoms with Crippen LogP contribution >= 0.6 is 0 Å². The Morgan fingerprint density at radius 1 is 1.09 bits per heavy atom. The summed E-state index contributed by atoms with van der Waals surface area (Å²) in [5, 5.41) is 24.4. The van der Waals surface area contributed by atoms with E-state index in [1.807, 2.05) is 25.1 Å². The Kier molecular flexibility index (Phi) is 15.5. The molecule has 43 heavy (non-hydrogen) atoms. The number of carboxylic acids is 2. The molecular formula is C26H35F6N5O6. The maximum Gasteiger partial charge on any atom is 0.490 e. The number of anilines is 1. The van der Waals surface area contributed by atoms with Gasteiger partial charge in [-0.15, -0.1) is 0 Å². The van der Waals surface area contributed by atoms with Gasteiger partial charge in [0.2, 0.25) is 0 Å². The number of aromatic nitrogens is 2. The largest absolute Gasteiger partial charge is 0.497 e. The van der Waals surface area contributed by atoms with Crippen LogP contribution < -0.4 is 26.2 Å². The summed E-state index contributed by atoms with van der Waals surface area (Å²) >= 11 is 0. The van der Waals surface area contributed by atoms with Crippen LogP contribution in [0.5, 0.6) is 5.75 Å². The molecule has 5 N–H and O–H groups in total. The van der Waals surface area contributed by atoms with Gasteiger partial charge in [-0.1, -0.05) is 18.6 Å². The number of hydrogen-bond donors (Lipinski definition) is 5. The molecule has 3 rings (SSSR count). The summed E-state index contributed by atoms with van der Waals surface area (Å²) in [6, 6.07) is 8.53. The number of piperidine rings is 1. The number of carbonyl (C=O) groups is 2. The van der Waals surface area contributed by atoms with E-state index in [1.54, 1.807) is 17.9 Å². The van der Waals surface area contributed by atoms with Crippen molar-refractivity contribution in [3.8, 4) is 5.75 Å². The van der Waals surface area contributed by atoms with Gasteiger partial charge in [-0.2, -0.15) is 26.3 Å². The van der Waals surface area contributed by atoms with Crippen LogP contribution in [0, 0.1) is 6.92 Å². The highest BCUT2D eigenvalue weighted by Gasteiger charge is 2.38. The van der Waals surface area contributed by atoms with Crippen LogP contribution in [-0.4, -0.2) is 76.8 Å². The molecule has 0 saturated carbocycles. The highest BCUT2D eigenvalue weighted by molar-refractivity contribution is 5.73. The van der Waals surface area contributed by atoms with Crippen molar-refractivity contribution in [2.75, 3.05) is 32.1 Å². The van der Waals surface area contributed by atoms with Gasteiger partial charge < -0.3 is 35.5 Å². The predicted octanol–water partition coefficient (Wildman–Crippen LogP) is 3.56. The average Bonchev–Trinajstić information content (AvgIpc) is 2.94. The summed E-state index contributed by atoms with van der Waals surface area (Å²) in [6.07, 6.45) is -3.62. The van der Waals surface area contributed by atoms with Crippen molar-refractivity contribution in [2.24, 2.45) is 0 Å². The fourth-order valence-electron chi connectivity index (χ4n) is 3.71. The second-order valence-corrected chi connectivity index (χ2v) is 9.20. The molecule has 0 bridgehead atoms. The van der Waals surface area contributed by atoms with E-state index in [2.05, 4.69) is 27.0 Å². The number of hydrogen-bond acceptors (Lipinski definition) is 8. The number of aryl methyl sites for hydroxylation is 1. The average molecular weight is 628 g/mol. The Morgan fingerprint density at radius 2 is 1.72 bits per heavy atom. The Labute approximate surface area is 243 Å². The maximum absolute atomic E-state index is 12.8. The molecule has 1 aromatic carbocycles. The number of aliphatic carboxylic acids is 2. The first-order valence-electron chi connectivity index (χ1n) is 13.0. The molecule has 2 aromatic rings. The first-order valence-corrected chi connectivity index (χ1v) is 13.0. The van der Waals surface area contributed by atoms with Crippen LogP contribution in [-0.2, 0) is 22.7 Å². The van der Waals surface area contributed by atoms with Gasteiger partial charge in [0.1, 0.15) is 5.75 Å². The molecule has 2 heterocycles. The van der Waals surface area contributed by atoms with Crippen molar-refractivity contribution in [3.63, 3.8) is 0 Å².